The molecule has 7 nitrogen and oxygen atoms in total. The summed E-state index contributed by atoms with van der Waals surface area (Å²) in [7, 11) is 1.61. The monoisotopic (exact) mass is 369 g/mol. The van der Waals surface area contributed by atoms with Crippen LogP contribution in [0.1, 0.15) is 31.3 Å². The summed E-state index contributed by atoms with van der Waals surface area (Å²) in [6, 6.07) is 9.29. The summed E-state index contributed by atoms with van der Waals surface area (Å²) < 4.78 is 5.20. The lowest BCUT2D eigenvalue weighted by Gasteiger charge is -2.35. The number of carbonyl (C=O) groups excluding carboxylic acids is 1. The summed E-state index contributed by atoms with van der Waals surface area (Å²) in [4.78, 5) is 25.8. The molecule has 1 saturated heterocycles. The van der Waals surface area contributed by atoms with Crippen molar-refractivity contribution in [3.8, 4) is 5.75 Å². The standard InChI is InChI=1S/C20H27N5O2/c1-14(2)19-21-15(3)12-18(23-19)24-8-10-25(11-9-24)20(26)22-16-6-5-7-17(13-16)27-4/h5-7,12-14H,8-11H2,1-4H3,(H,22,26). The Labute approximate surface area is 160 Å². The van der Waals surface area contributed by atoms with E-state index in [-0.39, 0.29) is 6.03 Å². The number of hydrogen-bond donors (Lipinski definition) is 1. The first kappa shape index (κ1) is 18.9. The Hall–Kier alpha value is -2.83. The van der Waals surface area contributed by atoms with Gasteiger partial charge in [-0.2, -0.15) is 0 Å². The van der Waals surface area contributed by atoms with Gasteiger partial charge in [-0.3, -0.25) is 0 Å². The van der Waals surface area contributed by atoms with E-state index in [0.29, 0.717) is 19.0 Å². The molecule has 0 atom stereocenters. The van der Waals surface area contributed by atoms with Gasteiger partial charge in [0.05, 0.1) is 7.11 Å². The van der Waals surface area contributed by atoms with Crippen LogP contribution in [-0.4, -0.2) is 54.2 Å². The number of aromatic nitrogens is 2. The zero-order valence-corrected chi connectivity index (χ0v) is 16.4. The van der Waals surface area contributed by atoms with Gasteiger partial charge in [-0.1, -0.05) is 19.9 Å². The zero-order chi connectivity index (χ0) is 19.4. The van der Waals surface area contributed by atoms with Crippen LogP contribution in [0.5, 0.6) is 5.75 Å². The van der Waals surface area contributed by atoms with E-state index in [2.05, 4.69) is 29.0 Å². The molecule has 2 aromatic rings. The van der Waals surface area contributed by atoms with Gasteiger partial charge in [0.2, 0.25) is 0 Å². The quantitative estimate of drug-likeness (QED) is 0.896. The predicted octanol–water partition coefficient (Wildman–Crippen LogP) is 3.27. The van der Waals surface area contributed by atoms with Crippen molar-refractivity contribution in [2.24, 2.45) is 0 Å². The third kappa shape index (κ3) is 4.67. The number of aryl methyl sites for hydroxylation is 1. The Morgan fingerprint density at radius 2 is 1.89 bits per heavy atom. The molecule has 0 aliphatic carbocycles. The van der Waals surface area contributed by atoms with Gasteiger partial charge in [0.15, 0.2) is 0 Å². The Balaban J connectivity index is 1.60. The normalized spacial score (nSPS) is 14.4. The first-order valence-electron chi connectivity index (χ1n) is 9.27. The second-order valence-electron chi connectivity index (χ2n) is 7.02. The van der Waals surface area contributed by atoms with E-state index >= 15 is 0 Å². The minimum Gasteiger partial charge on any atom is -0.497 e. The van der Waals surface area contributed by atoms with Crippen LogP contribution in [-0.2, 0) is 0 Å². The lowest BCUT2D eigenvalue weighted by atomic mass is 10.2. The predicted molar refractivity (Wildman–Crippen MR) is 107 cm³/mol. The number of nitrogens with zero attached hydrogens (tertiary/aromatic N) is 4. The van der Waals surface area contributed by atoms with Crippen LogP contribution in [0.15, 0.2) is 30.3 Å². The molecule has 1 aromatic heterocycles. The number of methoxy groups -OCH3 is 1. The fourth-order valence-electron chi connectivity index (χ4n) is 3.04. The number of piperazine rings is 1. The number of benzene rings is 1. The van der Waals surface area contributed by atoms with Gasteiger partial charge in [-0.05, 0) is 19.1 Å². The fraction of sp³-hybridized carbons (Fsp3) is 0.450. The molecular weight excluding hydrogens is 342 g/mol. The molecule has 0 saturated carbocycles. The number of nitrogens with one attached hydrogen (secondary N) is 1. The molecule has 27 heavy (non-hydrogen) atoms. The van der Waals surface area contributed by atoms with Crippen LogP contribution < -0.4 is 15.0 Å². The Morgan fingerprint density at radius 1 is 1.15 bits per heavy atom. The number of ether oxygens (including phenoxy) is 1. The SMILES string of the molecule is COc1cccc(NC(=O)N2CCN(c3cc(C)nc(C(C)C)n3)CC2)c1. The lowest BCUT2D eigenvalue weighted by molar-refractivity contribution is 0.208. The number of anilines is 2. The van der Waals surface area contributed by atoms with E-state index in [4.69, 9.17) is 9.72 Å². The third-order valence-electron chi connectivity index (χ3n) is 4.59. The van der Waals surface area contributed by atoms with Crippen molar-refractivity contribution >= 4 is 17.5 Å². The largest absolute Gasteiger partial charge is 0.497 e. The van der Waals surface area contributed by atoms with Gasteiger partial charge in [-0.15, -0.1) is 0 Å². The van der Waals surface area contributed by atoms with E-state index in [1.807, 2.05) is 42.2 Å². The van der Waals surface area contributed by atoms with Crippen molar-refractivity contribution < 1.29 is 9.53 Å². The highest BCUT2D eigenvalue weighted by Crippen LogP contribution is 2.20. The molecular formula is C20H27N5O2. The highest BCUT2D eigenvalue weighted by molar-refractivity contribution is 5.89. The highest BCUT2D eigenvalue weighted by Gasteiger charge is 2.23. The molecule has 144 valence electrons. The number of amides is 2. The molecule has 2 amide bonds. The smallest absolute Gasteiger partial charge is 0.321 e. The minimum atomic E-state index is -0.0929. The average molecular weight is 369 g/mol. The van der Waals surface area contributed by atoms with Gasteiger partial charge in [-0.25, -0.2) is 14.8 Å². The molecule has 1 aliphatic rings. The van der Waals surface area contributed by atoms with Gasteiger partial charge >= 0.3 is 6.03 Å². The maximum Gasteiger partial charge on any atom is 0.321 e. The molecule has 1 N–H and O–H groups in total. The summed E-state index contributed by atoms with van der Waals surface area (Å²) in [5.74, 6) is 2.82. The second-order valence-corrected chi connectivity index (χ2v) is 7.02. The van der Waals surface area contributed by atoms with Crippen molar-refractivity contribution in [2.75, 3.05) is 43.5 Å². The molecule has 1 aliphatic heterocycles. The topological polar surface area (TPSA) is 70.6 Å². The van der Waals surface area contributed by atoms with Crippen LogP contribution in [0.25, 0.3) is 0 Å². The van der Waals surface area contributed by atoms with Gasteiger partial charge in [0.25, 0.3) is 0 Å². The molecule has 7 heteroatoms. The Bertz CT molecular complexity index is 801. The Kier molecular flexibility index (Phi) is 5.78. The van der Waals surface area contributed by atoms with Crippen molar-refractivity contribution in [1.29, 1.82) is 0 Å². The maximum atomic E-state index is 12.5. The molecule has 3 rings (SSSR count). The van der Waals surface area contributed by atoms with Gasteiger partial charge in [0, 0.05) is 55.6 Å². The summed E-state index contributed by atoms with van der Waals surface area (Å²) >= 11 is 0. The van der Waals surface area contributed by atoms with Crippen LogP contribution in [0.3, 0.4) is 0 Å². The molecule has 0 unspecified atom stereocenters. The van der Waals surface area contributed by atoms with Crippen molar-refractivity contribution in [3.63, 3.8) is 0 Å². The van der Waals surface area contributed by atoms with Crippen LogP contribution in [0, 0.1) is 6.92 Å². The van der Waals surface area contributed by atoms with Crippen LogP contribution in [0.4, 0.5) is 16.3 Å². The maximum absolute atomic E-state index is 12.5. The van der Waals surface area contributed by atoms with E-state index in [1.165, 1.54) is 0 Å². The van der Waals surface area contributed by atoms with Crippen molar-refractivity contribution in [1.82, 2.24) is 14.9 Å². The van der Waals surface area contributed by atoms with E-state index < -0.39 is 0 Å². The average Bonchev–Trinajstić information content (AvgIpc) is 2.67. The minimum absolute atomic E-state index is 0.0929. The molecule has 2 heterocycles. The molecule has 0 spiro atoms. The fourth-order valence-corrected chi connectivity index (χ4v) is 3.04. The number of hydrogen-bond acceptors (Lipinski definition) is 5. The molecule has 1 fully saturated rings. The van der Waals surface area contributed by atoms with E-state index in [0.717, 1.165) is 41.9 Å². The first-order chi connectivity index (χ1) is 13.0. The van der Waals surface area contributed by atoms with Gasteiger partial charge < -0.3 is 19.9 Å². The summed E-state index contributed by atoms with van der Waals surface area (Å²) in [5.41, 5.74) is 1.71. The zero-order valence-electron chi connectivity index (χ0n) is 16.4. The number of carbonyl (C=O) groups is 1. The van der Waals surface area contributed by atoms with E-state index in [9.17, 15) is 4.79 Å². The molecule has 0 bridgehead atoms. The van der Waals surface area contributed by atoms with Crippen molar-refractivity contribution in [2.45, 2.75) is 26.7 Å². The highest BCUT2D eigenvalue weighted by atomic mass is 16.5. The van der Waals surface area contributed by atoms with Crippen LogP contribution >= 0.6 is 0 Å². The number of urea groups is 1. The summed E-state index contributed by atoms with van der Waals surface area (Å²) in [6.45, 7) is 8.98. The molecule has 0 radical (unpaired) electrons. The lowest BCUT2D eigenvalue weighted by Crippen LogP contribution is -2.50. The van der Waals surface area contributed by atoms with Crippen molar-refractivity contribution in [3.05, 3.63) is 41.9 Å². The summed E-state index contributed by atoms with van der Waals surface area (Å²) in [6.07, 6.45) is 0. The van der Waals surface area contributed by atoms with Gasteiger partial charge in [0.1, 0.15) is 17.4 Å². The number of rotatable bonds is 4. The van der Waals surface area contributed by atoms with E-state index in [1.54, 1.807) is 7.11 Å². The summed E-state index contributed by atoms with van der Waals surface area (Å²) in [5, 5.41) is 2.94. The third-order valence-corrected chi connectivity index (χ3v) is 4.59. The first-order valence-corrected chi connectivity index (χ1v) is 9.27. The Morgan fingerprint density at radius 3 is 2.56 bits per heavy atom. The second kappa shape index (κ2) is 8.24. The van der Waals surface area contributed by atoms with Crippen LogP contribution in [0.2, 0.25) is 0 Å². The molecule has 1 aromatic carbocycles.